The summed E-state index contributed by atoms with van der Waals surface area (Å²) < 4.78 is 0. The average molecular weight is 195 g/mol. The fraction of sp³-hybridized carbons (Fsp3) is 0.500. The van der Waals surface area contributed by atoms with E-state index < -0.39 is 0 Å². The highest BCUT2D eigenvalue weighted by molar-refractivity contribution is 7.12. The van der Waals surface area contributed by atoms with Gasteiger partial charge in [0, 0.05) is 12.6 Å². The van der Waals surface area contributed by atoms with E-state index in [9.17, 15) is 4.79 Å². The van der Waals surface area contributed by atoms with Gasteiger partial charge in [0.1, 0.15) is 0 Å². The maximum atomic E-state index is 11.9. The van der Waals surface area contributed by atoms with Crippen LogP contribution in [0, 0.1) is 0 Å². The van der Waals surface area contributed by atoms with Gasteiger partial charge in [-0.15, -0.1) is 11.3 Å². The Bertz CT molecular complexity index is 329. The largest absolute Gasteiger partial charge is 0.335 e. The van der Waals surface area contributed by atoms with Crippen molar-refractivity contribution in [3.63, 3.8) is 0 Å². The van der Waals surface area contributed by atoms with Gasteiger partial charge in [0.25, 0.3) is 5.91 Å². The summed E-state index contributed by atoms with van der Waals surface area (Å²) in [7, 11) is 0. The summed E-state index contributed by atoms with van der Waals surface area (Å²) in [6.07, 6.45) is 1.02. The van der Waals surface area contributed by atoms with E-state index in [1.165, 1.54) is 5.56 Å². The van der Waals surface area contributed by atoms with E-state index in [0.29, 0.717) is 6.04 Å². The topological polar surface area (TPSA) is 20.3 Å². The Morgan fingerprint density at radius 3 is 3.00 bits per heavy atom. The Morgan fingerprint density at radius 1 is 1.54 bits per heavy atom. The van der Waals surface area contributed by atoms with Gasteiger partial charge in [0.05, 0.1) is 4.88 Å². The maximum Gasteiger partial charge on any atom is 0.264 e. The molecule has 0 unspecified atom stereocenters. The SMILES string of the molecule is CC(C)N1CCc2ccsc2C1=O. The Labute approximate surface area is 82.2 Å². The predicted molar refractivity (Wildman–Crippen MR) is 54.2 cm³/mol. The fourth-order valence-corrected chi connectivity index (χ4v) is 2.59. The third kappa shape index (κ3) is 1.37. The van der Waals surface area contributed by atoms with Crippen LogP contribution in [-0.2, 0) is 6.42 Å². The molecule has 0 fully saturated rings. The summed E-state index contributed by atoms with van der Waals surface area (Å²) in [5.41, 5.74) is 1.23. The van der Waals surface area contributed by atoms with Gasteiger partial charge in [-0.1, -0.05) is 0 Å². The molecule has 1 amide bonds. The van der Waals surface area contributed by atoms with Gasteiger partial charge in [0.2, 0.25) is 0 Å². The molecule has 2 heterocycles. The molecule has 2 rings (SSSR count). The van der Waals surface area contributed by atoms with Crippen LogP contribution in [0.15, 0.2) is 11.4 Å². The van der Waals surface area contributed by atoms with Crippen LogP contribution >= 0.6 is 11.3 Å². The molecule has 3 heteroatoms. The lowest BCUT2D eigenvalue weighted by Crippen LogP contribution is -2.41. The first-order chi connectivity index (χ1) is 6.20. The summed E-state index contributed by atoms with van der Waals surface area (Å²) in [5, 5.41) is 2.01. The van der Waals surface area contributed by atoms with Crippen LogP contribution in [0.3, 0.4) is 0 Å². The molecular formula is C10H13NOS. The molecule has 1 aliphatic rings. The van der Waals surface area contributed by atoms with Crippen LogP contribution in [0.5, 0.6) is 0 Å². The van der Waals surface area contributed by atoms with Gasteiger partial charge in [0.15, 0.2) is 0 Å². The predicted octanol–water partition coefficient (Wildman–Crippen LogP) is 2.15. The molecule has 1 aromatic heterocycles. The first-order valence-corrected chi connectivity index (χ1v) is 5.45. The number of rotatable bonds is 1. The third-order valence-corrected chi connectivity index (χ3v) is 3.39. The molecule has 70 valence electrons. The van der Waals surface area contributed by atoms with Crippen LogP contribution in [0.4, 0.5) is 0 Å². The van der Waals surface area contributed by atoms with Crippen molar-refractivity contribution >= 4 is 17.2 Å². The minimum absolute atomic E-state index is 0.214. The first-order valence-electron chi connectivity index (χ1n) is 4.57. The van der Waals surface area contributed by atoms with Gasteiger partial charge in [-0.3, -0.25) is 4.79 Å². The number of thiophene rings is 1. The van der Waals surface area contributed by atoms with Gasteiger partial charge >= 0.3 is 0 Å². The maximum absolute atomic E-state index is 11.9. The first kappa shape index (κ1) is 8.75. The second kappa shape index (κ2) is 3.14. The molecule has 0 spiro atoms. The molecule has 0 N–H and O–H groups in total. The van der Waals surface area contributed by atoms with Crippen LogP contribution in [0.2, 0.25) is 0 Å². The molecular weight excluding hydrogens is 182 g/mol. The minimum Gasteiger partial charge on any atom is -0.335 e. The quantitative estimate of drug-likeness (QED) is 0.672. The van der Waals surface area contributed by atoms with E-state index in [2.05, 4.69) is 19.9 Å². The fourth-order valence-electron chi connectivity index (χ4n) is 1.69. The number of carbonyl (C=O) groups is 1. The zero-order valence-corrected chi connectivity index (χ0v) is 8.73. The average Bonchev–Trinajstić information content (AvgIpc) is 2.52. The van der Waals surface area contributed by atoms with E-state index in [4.69, 9.17) is 0 Å². The van der Waals surface area contributed by atoms with Gasteiger partial charge in [-0.2, -0.15) is 0 Å². The Hall–Kier alpha value is -0.830. The molecule has 0 aliphatic carbocycles. The van der Waals surface area contributed by atoms with Gasteiger partial charge < -0.3 is 4.90 Å². The van der Waals surface area contributed by atoms with Crippen molar-refractivity contribution < 1.29 is 4.79 Å². The Balaban J connectivity index is 2.32. The van der Waals surface area contributed by atoms with Crippen molar-refractivity contribution in [3.05, 3.63) is 21.9 Å². The Kier molecular flexibility index (Phi) is 2.12. The number of amides is 1. The second-order valence-electron chi connectivity index (χ2n) is 3.62. The van der Waals surface area contributed by atoms with E-state index >= 15 is 0 Å². The van der Waals surface area contributed by atoms with Crippen molar-refractivity contribution in [2.24, 2.45) is 0 Å². The normalized spacial score (nSPS) is 16.5. The second-order valence-corrected chi connectivity index (χ2v) is 4.53. The molecule has 0 saturated carbocycles. The standard InChI is InChI=1S/C10H13NOS/c1-7(2)11-5-3-8-4-6-13-9(8)10(11)12/h4,6-7H,3,5H2,1-2H3. The monoisotopic (exact) mass is 195 g/mol. The Morgan fingerprint density at radius 2 is 2.31 bits per heavy atom. The lowest BCUT2D eigenvalue weighted by Gasteiger charge is -2.30. The molecule has 2 nitrogen and oxygen atoms in total. The molecule has 0 bridgehead atoms. The molecule has 0 saturated heterocycles. The van der Waals surface area contributed by atoms with Gasteiger partial charge in [-0.05, 0) is 37.3 Å². The van der Waals surface area contributed by atoms with Crippen LogP contribution in [0.25, 0.3) is 0 Å². The molecule has 1 aliphatic heterocycles. The summed E-state index contributed by atoms with van der Waals surface area (Å²) in [6.45, 7) is 5.01. The highest BCUT2D eigenvalue weighted by Crippen LogP contribution is 2.25. The van der Waals surface area contributed by atoms with Crippen LogP contribution in [0.1, 0.15) is 29.1 Å². The molecule has 0 aromatic carbocycles. The van der Waals surface area contributed by atoms with Crippen LogP contribution in [-0.4, -0.2) is 23.4 Å². The van der Waals surface area contributed by atoms with Crippen molar-refractivity contribution in [3.8, 4) is 0 Å². The molecule has 1 aromatic rings. The summed E-state index contributed by atoms with van der Waals surface area (Å²) >= 11 is 1.56. The number of fused-ring (bicyclic) bond motifs is 1. The zero-order chi connectivity index (χ0) is 9.42. The molecule has 0 radical (unpaired) electrons. The third-order valence-electron chi connectivity index (χ3n) is 2.45. The summed E-state index contributed by atoms with van der Waals surface area (Å²) in [4.78, 5) is 14.7. The highest BCUT2D eigenvalue weighted by Gasteiger charge is 2.26. The number of carbonyl (C=O) groups excluding carboxylic acids is 1. The van der Waals surface area contributed by atoms with Crippen LogP contribution < -0.4 is 0 Å². The smallest absolute Gasteiger partial charge is 0.264 e. The van der Waals surface area contributed by atoms with Crippen molar-refractivity contribution in [1.82, 2.24) is 4.90 Å². The summed E-state index contributed by atoms with van der Waals surface area (Å²) in [6, 6.07) is 2.39. The number of hydrogen-bond acceptors (Lipinski definition) is 2. The van der Waals surface area contributed by atoms with E-state index in [1.54, 1.807) is 11.3 Å². The lowest BCUT2D eigenvalue weighted by molar-refractivity contribution is 0.0695. The van der Waals surface area contributed by atoms with Gasteiger partial charge in [-0.25, -0.2) is 0 Å². The lowest BCUT2D eigenvalue weighted by atomic mass is 10.1. The van der Waals surface area contributed by atoms with E-state index in [0.717, 1.165) is 17.8 Å². The van der Waals surface area contributed by atoms with Crippen molar-refractivity contribution in [2.75, 3.05) is 6.54 Å². The van der Waals surface area contributed by atoms with E-state index in [-0.39, 0.29) is 5.91 Å². The van der Waals surface area contributed by atoms with E-state index in [1.807, 2.05) is 10.3 Å². The molecule has 13 heavy (non-hydrogen) atoms. The molecule has 0 atom stereocenters. The highest BCUT2D eigenvalue weighted by atomic mass is 32.1. The number of hydrogen-bond donors (Lipinski definition) is 0. The zero-order valence-electron chi connectivity index (χ0n) is 7.91. The number of nitrogens with zero attached hydrogens (tertiary/aromatic N) is 1. The van der Waals surface area contributed by atoms with Crippen molar-refractivity contribution in [1.29, 1.82) is 0 Å². The van der Waals surface area contributed by atoms with Crippen molar-refractivity contribution in [2.45, 2.75) is 26.3 Å². The summed E-state index contributed by atoms with van der Waals surface area (Å²) in [5.74, 6) is 0.214. The minimum atomic E-state index is 0.214.